The van der Waals surface area contributed by atoms with Crippen molar-refractivity contribution < 1.29 is 9.50 Å². The number of imidazole rings is 1. The lowest BCUT2D eigenvalue weighted by Gasteiger charge is -2.37. The molecule has 9 nitrogen and oxygen atoms in total. The predicted molar refractivity (Wildman–Crippen MR) is 174 cm³/mol. The summed E-state index contributed by atoms with van der Waals surface area (Å²) in [5.41, 5.74) is 5.45. The van der Waals surface area contributed by atoms with Gasteiger partial charge in [0.15, 0.2) is 11.5 Å². The number of benzene rings is 3. The highest BCUT2D eigenvalue weighted by molar-refractivity contribution is 6.11. The molecule has 3 fully saturated rings. The summed E-state index contributed by atoms with van der Waals surface area (Å²) >= 11 is 0. The van der Waals surface area contributed by atoms with Gasteiger partial charge in [0.2, 0.25) is 0 Å². The Balaban J connectivity index is 1.42. The Kier molecular flexibility index (Phi) is 5.89. The molecule has 3 unspecified atom stereocenters. The fourth-order valence-electron chi connectivity index (χ4n) is 7.80. The third-order valence-electron chi connectivity index (χ3n) is 9.89. The number of nitrogens with zero attached hydrogens (tertiary/aromatic N) is 7. The summed E-state index contributed by atoms with van der Waals surface area (Å²) in [5, 5.41) is 30.5. The summed E-state index contributed by atoms with van der Waals surface area (Å²) in [5.74, 6) is 0.990. The Labute approximate surface area is 263 Å². The van der Waals surface area contributed by atoms with Gasteiger partial charge in [0.25, 0.3) is 0 Å². The molecule has 2 aliphatic heterocycles. The third-order valence-corrected chi connectivity index (χ3v) is 9.89. The number of hydrogen-bond acceptors (Lipinski definition) is 7. The van der Waals surface area contributed by atoms with Crippen LogP contribution >= 0.6 is 0 Å². The standard InChI is InChI=1S/C36H29FN8O/c1-2-28-42-34-32(21-9-11-44-29(15-21)40-18-41-44)43-33-26(36(34)45(28)35-22-14-27(35)39-17-22)13-20(7-5-10-38)30(31(33)37)25-16-23(46)12-19-6-3-4-8-24(19)25/h3-4,6,8-9,11-13,15-16,18,22,27,35,39,46H,2,5,7,14,17H2,1H3. The van der Waals surface area contributed by atoms with Crippen molar-refractivity contribution in [2.75, 3.05) is 6.54 Å². The molecule has 46 heavy (non-hydrogen) atoms. The van der Waals surface area contributed by atoms with Gasteiger partial charge in [0.05, 0.1) is 23.3 Å². The van der Waals surface area contributed by atoms with E-state index in [1.165, 1.54) is 6.33 Å². The van der Waals surface area contributed by atoms with E-state index in [0.717, 1.165) is 46.2 Å². The number of nitriles is 1. The van der Waals surface area contributed by atoms with E-state index in [1.807, 2.05) is 48.7 Å². The number of aromatic nitrogens is 6. The van der Waals surface area contributed by atoms with Gasteiger partial charge >= 0.3 is 0 Å². The van der Waals surface area contributed by atoms with Crippen LogP contribution in [0.2, 0.25) is 0 Å². The molecule has 7 aromatic rings. The van der Waals surface area contributed by atoms with E-state index in [1.54, 1.807) is 16.6 Å². The van der Waals surface area contributed by atoms with Crippen LogP contribution in [-0.4, -0.2) is 46.8 Å². The summed E-state index contributed by atoms with van der Waals surface area (Å²) in [6.07, 6.45) is 5.72. The molecular weight excluding hydrogens is 579 g/mol. The molecule has 1 saturated carbocycles. The van der Waals surface area contributed by atoms with Crippen LogP contribution in [0.3, 0.4) is 0 Å². The molecule has 0 radical (unpaired) electrons. The van der Waals surface area contributed by atoms with Gasteiger partial charge in [0.1, 0.15) is 28.9 Å². The number of phenolic OH excluding ortho intramolecular Hbond substituents is 1. The third kappa shape index (κ3) is 3.82. The Hall–Kier alpha value is -5.40. The van der Waals surface area contributed by atoms with Crippen molar-refractivity contribution in [2.24, 2.45) is 5.92 Å². The number of halogens is 1. The van der Waals surface area contributed by atoms with Crippen LogP contribution in [0.25, 0.3) is 60.7 Å². The first-order valence-electron chi connectivity index (χ1n) is 15.7. The molecule has 4 aromatic heterocycles. The van der Waals surface area contributed by atoms with Gasteiger partial charge < -0.3 is 15.0 Å². The second-order valence-electron chi connectivity index (χ2n) is 12.4. The van der Waals surface area contributed by atoms with Gasteiger partial charge in [-0.05, 0) is 71.0 Å². The minimum Gasteiger partial charge on any atom is -0.508 e. The van der Waals surface area contributed by atoms with Crippen LogP contribution in [0, 0.1) is 23.1 Å². The molecule has 226 valence electrons. The fourth-order valence-corrected chi connectivity index (χ4v) is 7.80. The lowest BCUT2D eigenvalue weighted by Crippen LogP contribution is -2.39. The number of fused-ring (bicyclic) bond motifs is 6. The van der Waals surface area contributed by atoms with Crippen molar-refractivity contribution in [2.45, 2.75) is 44.7 Å². The number of hydrogen-bond donors (Lipinski definition) is 2. The molecule has 0 amide bonds. The number of rotatable bonds is 6. The molecule has 2 saturated heterocycles. The molecule has 3 aromatic carbocycles. The van der Waals surface area contributed by atoms with Crippen molar-refractivity contribution in [1.29, 1.82) is 5.26 Å². The minimum atomic E-state index is -0.478. The maximum atomic E-state index is 17.5. The van der Waals surface area contributed by atoms with Gasteiger partial charge in [-0.2, -0.15) is 10.4 Å². The van der Waals surface area contributed by atoms with Gasteiger partial charge in [-0.15, -0.1) is 0 Å². The molecule has 10 rings (SSSR count). The summed E-state index contributed by atoms with van der Waals surface area (Å²) < 4.78 is 21.5. The Bertz CT molecular complexity index is 2410. The smallest absolute Gasteiger partial charge is 0.157 e. The highest BCUT2D eigenvalue weighted by Gasteiger charge is 2.49. The zero-order chi connectivity index (χ0) is 31.1. The molecule has 10 heteroatoms. The van der Waals surface area contributed by atoms with Crippen molar-refractivity contribution in [3.8, 4) is 34.2 Å². The molecule has 0 spiro atoms. The van der Waals surface area contributed by atoms with Crippen LogP contribution in [0.5, 0.6) is 5.75 Å². The number of phenols is 1. The van der Waals surface area contributed by atoms with Crippen molar-refractivity contribution in [1.82, 2.24) is 34.4 Å². The van der Waals surface area contributed by atoms with E-state index in [2.05, 4.69) is 33.0 Å². The van der Waals surface area contributed by atoms with E-state index < -0.39 is 5.82 Å². The highest BCUT2D eigenvalue weighted by Crippen LogP contribution is 2.48. The number of nitrogens with one attached hydrogen (secondary N) is 1. The maximum absolute atomic E-state index is 17.5. The number of aryl methyl sites for hydroxylation is 2. The zero-order valence-corrected chi connectivity index (χ0v) is 25.1. The second kappa shape index (κ2) is 10.1. The monoisotopic (exact) mass is 608 g/mol. The molecular formula is C36H29FN8O. The highest BCUT2D eigenvalue weighted by atomic mass is 19.1. The normalized spacial score (nSPS) is 18.9. The van der Waals surface area contributed by atoms with Crippen molar-refractivity contribution in [3.05, 3.63) is 84.3 Å². The first kappa shape index (κ1) is 27.0. The SMILES string of the molecule is CCc1nc2c(-c3ccn4ncnc4c3)nc3c(F)c(-c4cc(O)cc5ccccc45)c(CCC#N)cc3c2n1C1C2CNC1C2. The van der Waals surface area contributed by atoms with Crippen LogP contribution in [0.1, 0.15) is 37.2 Å². The summed E-state index contributed by atoms with van der Waals surface area (Å²) in [7, 11) is 0. The molecule has 1 aliphatic carbocycles. The fraction of sp³-hybridized carbons (Fsp3) is 0.250. The van der Waals surface area contributed by atoms with Gasteiger partial charge in [-0.1, -0.05) is 31.2 Å². The van der Waals surface area contributed by atoms with E-state index in [-0.39, 0.29) is 23.7 Å². The van der Waals surface area contributed by atoms with E-state index in [9.17, 15) is 10.4 Å². The zero-order valence-electron chi connectivity index (χ0n) is 25.1. The lowest BCUT2D eigenvalue weighted by molar-refractivity contribution is 0.221. The second-order valence-corrected chi connectivity index (χ2v) is 12.4. The summed E-state index contributed by atoms with van der Waals surface area (Å²) in [6.45, 7) is 3.06. The van der Waals surface area contributed by atoms with Crippen molar-refractivity contribution in [3.63, 3.8) is 0 Å². The van der Waals surface area contributed by atoms with Crippen LogP contribution < -0.4 is 5.32 Å². The molecule has 6 heterocycles. The number of aromatic hydroxyl groups is 1. The quantitative estimate of drug-likeness (QED) is 0.221. The number of pyridine rings is 2. The van der Waals surface area contributed by atoms with Gasteiger partial charge in [0, 0.05) is 48.1 Å². The summed E-state index contributed by atoms with van der Waals surface area (Å²) in [6, 6.07) is 19.6. The lowest BCUT2D eigenvalue weighted by atomic mass is 9.79. The first-order chi connectivity index (χ1) is 22.5. The van der Waals surface area contributed by atoms with Crippen molar-refractivity contribution >= 4 is 38.4 Å². The van der Waals surface area contributed by atoms with Gasteiger partial charge in [-0.3, -0.25) is 0 Å². The average molecular weight is 609 g/mol. The predicted octanol–water partition coefficient (Wildman–Crippen LogP) is 6.51. The van der Waals surface area contributed by atoms with E-state index in [4.69, 9.17) is 9.97 Å². The van der Waals surface area contributed by atoms with Crippen LogP contribution in [0.4, 0.5) is 4.39 Å². The summed E-state index contributed by atoms with van der Waals surface area (Å²) in [4.78, 5) is 14.6. The topological polar surface area (TPSA) is 117 Å². The Morgan fingerprint density at radius 2 is 1.98 bits per heavy atom. The van der Waals surface area contributed by atoms with Crippen LogP contribution in [-0.2, 0) is 12.8 Å². The first-order valence-corrected chi connectivity index (χ1v) is 15.7. The van der Waals surface area contributed by atoms with Gasteiger partial charge in [-0.25, -0.2) is 23.9 Å². The average Bonchev–Trinajstić information content (AvgIpc) is 3.87. The molecule has 2 bridgehead atoms. The molecule has 3 aliphatic rings. The minimum absolute atomic E-state index is 0.0452. The maximum Gasteiger partial charge on any atom is 0.157 e. The van der Waals surface area contributed by atoms with E-state index in [0.29, 0.717) is 58.2 Å². The molecule has 2 N–H and O–H groups in total. The largest absolute Gasteiger partial charge is 0.508 e. The van der Waals surface area contributed by atoms with E-state index >= 15 is 4.39 Å². The Morgan fingerprint density at radius 1 is 1.09 bits per heavy atom. The Morgan fingerprint density at radius 3 is 2.78 bits per heavy atom. The van der Waals surface area contributed by atoms with Crippen LogP contribution in [0.15, 0.2) is 67.1 Å². The molecule has 3 atom stereocenters.